The van der Waals surface area contributed by atoms with E-state index in [0.29, 0.717) is 5.56 Å². The van der Waals surface area contributed by atoms with Gasteiger partial charge in [-0.25, -0.2) is 4.39 Å². The van der Waals surface area contributed by atoms with Crippen molar-refractivity contribution < 1.29 is 4.39 Å². The summed E-state index contributed by atoms with van der Waals surface area (Å²) in [6.45, 7) is 6.37. The van der Waals surface area contributed by atoms with E-state index in [1.165, 1.54) is 18.9 Å². The largest absolute Gasteiger partial charge is 0.320 e. The normalized spacial score (nSPS) is 20.8. The minimum absolute atomic E-state index is 0.182. The third-order valence-corrected chi connectivity index (χ3v) is 4.56. The molecular weight excluding hydrogens is 251 g/mol. The lowest BCUT2D eigenvalue weighted by Gasteiger charge is -2.41. The van der Waals surface area contributed by atoms with E-state index in [1.807, 2.05) is 19.1 Å². The van der Waals surface area contributed by atoms with Crippen molar-refractivity contribution in [3.8, 4) is 0 Å². The summed E-state index contributed by atoms with van der Waals surface area (Å²) in [6, 6.07) is 7.18. The molecule has 2 nitrogen and oxygen atoms in total. The van der Waals surface area contributed by atoms with Gasteiger partial charge in [0.15, 0.2) is 0 Å². The van der Waals surface area contributed by atoms with E-state index in [2.05, 4.69) is 11.8 Å². The molecule has 1 fully saturated rings. The van der Waals surface area contributed by atoms with Crippen LogP contribution in [0.4, 0.5) is 4.39 Å². The first kappa shape index (κ1) is 15.5. The first-order valence-electron chi connectivity index (χ1n) is 7.85. The Morgan fingerprint density at radius 1 is 1.30 bits per heavy atom. The maximum atomic E-state index is 14.2. The minimum Gasteiger partial charge on any atom is -0.320 e. The van der Waals surface area contributed by atoms with Gasteiger partial charge in [-0.05, 0) is 45.3 Å². The highest BCUT2D eigenvalue weighted by Gasteiger charge is 2.38. The topological polar surface area (TPSA) is 29.3 Å². The van der Waals surface area contributed by atoms with Gasteiger partial charge in [-0.2, -0.15) is 0 Å². The molecule has 0 spiro atoms. The smallest absolute Gasteiger partial charge is 0.128 e. The van der Waals surface area contributed by atoms with E-state index < -0.39 is 5.54 Å². The summed E-state index contributed by atoms with van der Waals surface area (Å²) >= 11 is 0. The van der Waals surface area contributed by atoms with E-state index in [1.54, 1.807) is 6.07 Å². The zero-order valence-corrected chi connectivity index (χ0v) is 12.7. The Morgan fingerprint density at radius 2 is 1.95 bits per heavy atom. The third kappa shape index (κ3) is 3.21. The van der Waals surface area contributed by atoms with Crippen LogP contribution in [-0.2, 0) is 5.54 Å². The van der Waals surface area contributed by atoms with Gasteiger partial charge < -0.3 is 5.73 Å². The maximum Gasteiger partial charge on any atom is 0.128 e. The highest BCUT2D eigenvalue weighted by Crippen LogP contribution is 2.32. The molecule has 1 saturated heterocycles. The Balaban J connectivity index is 2.27. The molecule has 1 aromatic rings. The van der Waals surface area contributed by atoms with Gasteiger partial charge in [-0.1, -0.05) is 38.0 Å². The fourth-order valence-corrected chi connectivity index (χ4v) is 3.39. The van der Waals surface area contributed by atoms with Gasteiger partial charge in [0.1, 0.15) is 5.82 Å². The molecule has 0 saturated carbocycles. The fourth-order valence-electron chi connectivity index (χ4n) is 3.39. The monoisotopic (exact) mass is 278 g/mol. The SMILES string of the molecule is CCCCC(N1CCCC1)C(C)(N)c1ccccc1F. The average molecular weight is 278 g/mol. The number of hydrogen-bond acceptors (Lipinski definition) is 2. The molecule has 1 aliphatic rings. The zero-order chi connectivity index (χ0) is 14.6. The van der Waals surface area contributed by atoms with Crippen molar-refractivity contribution in [1.29, 1.82) is 0 Å². The summed E-state index contributed by atoms with van der Waals surface area (Å²) in [6.07, 6.45) is 5.80. The van der Waals surface area contributed by atoms with Gasteiger partial charge in [0.05, 0.1) is 5.54 Å². The fraction of sp³-hybridized carbons (Fsp3) is 0.647. The second kappa shape index (κ2) is 6.68. The van der Waals surface area contributed by atoms with Crippen molar-refractivity contribution in [3.63, 3.8) is 0 Å². The predicted molar refractivity (Wildman–Crippen MR) is 82.1 cm³/mol. The Hall–Kier alpha value is -0.930. The molecule has 1 aliphatic heterocycles. The van der Waals surface area contributed by atoms with Gasteiger partial charge in [-0.15, -0.1) is 0 Å². The Morgan fingerprint density at radius 3 is 2.55 bits per heavy atom. The number of halogens is 1. The zero-order valence-electron chi connectivity index (χ0n) is 12.7. The summed E-state index contributed by atoms with van der Waals surface area (Å²) < 4.78 is 14.2. The number of rotatable bonds is 6. The standard InChI is InChI=1S/C17H27FN2/c1-3-4-11-16(20-12-7-8-13-20)17(2,19)14-9-5-6-10-15(14)18/h5-6,9-10,16H,3-4,7-8,11-13,19H2,1-2H3. The lowest BCUT2D eigenvalue weighted by Crippen LogP contribution is -2.54. The molecule has 1 heterocycles. The molecule has 0 aromatic heterocycles. The summed E-state index contributed by atoms with van der Waals surface area (Å²) in [4.78, 5) is 2.46. The van der Waals surface area contributed by atoms with Gasteiger partial charge in [0, 0.05) is 11.6 Å². The lowest BCUT2D eigenvalue weighted by molar-refractivity contribution is 0.141. The van der Waals surface area contributed by atoms with E-state index in [0.717, 1.165) is 32.4 Å². The number of hydrogen-bond donors (Lipinski definition) is 1. The molecule has 0 amide bonds. The second-order valence-electron chi connectivity index (χ2n) is 6.16. The van der Waals surface area contributed by atoms with Crippen molar-refractivity contribution in [2.24, 2.45) is 5.73 Å². The summed E-state index contributed by atoms with van der Waals surface area (Å²) in [5.74, 6) is -0.182. The lowest BCUT2D eigenvalue weighted by atomic mass is 9.81. The molecule has 112 valence electrons. The highest BCUT2D eigenvalue weighted by molar-refractivity contribution is 5.27. The third-order valence-electron chi connectivity index (χ3n) is 4.56. The summed E-state index contributed by atoms with van der Waals surface area (Å²) in [5, 5.41) is 0. The minimum atomic E-state index is -0.634. The molecule has 2 rings (SSSR count). The van der Waals surface area contributed by atoms with Crippen LogP contribution in [-0.4, -0.2) is 24.0 Å². The molecular formula is C17H27FN2. The second-order valence-corrected chi connectivity index (χ2v) is 6.16. The van der Waals surface area contributed by atoms with Crippen molar-refractivity contribution in [2.75, 3.05) is 13.1 Å². The van der Waals surface area contributed by atoms with Crippen LogP contribution in [0, 0.1) is 5.82 Å². The maximum absolute atomic E-state index is 14.2. The van der Waals surface area contributed by atoms with Crippen LogP contribution >= 0.6 is 0 Å². The van der Waals surface area contributed by atoms with Gasteiger partial charge in [-0.3, -0.25) is 4.90 Å². The molecule has 2 N–H and O–H groups in total. The molecule has 0 bridgehead atoms. The number of nitrogens with zero attached hydrogens (tertiary/aromatic N) is 1. The number of nitrogens with two attached hydrogens (primary N) is 1. The van der Waals surface area contributed by atoms with Crippen molar-refractivity contribution in [1.82, 2.24) is 4.90 Å². The van der Waals surface area contributed by atoms with Crippen LogP contribution in [0.2, 0.25) is 0 Å². The van der Waals surface area contributed by atoms with E-state index in [9.17, 15) is 4.39 Å². The van der Waals surface area contributed by atoms with Crippen LogP contribution in [0.3, 0.4) is 0 Å². The van der Waals surface area contributed by atoms with E-state index in [-0.39, 0.29) is 11.9 Å². The van der Waals surface area contributed by atoms with Crippen LogP contribution in [0.5, 0.6) is 0 Å². The number of benzene rings is 1. The predicted octanol–water partition coefficient (Wildman–Crippen LogP) is 3.65. The van der Waals surface area contributed by atoms with E-state index >= 15 is 0 Å². The van der Waals surface area contributed by atoms with Crippen LogP contribution in [0.15, 0.2) is 24.3 Å². The quantitative estimate of drug-likeness (QED) is 0.860. The van der Waals surface area contributed by atoms with Crippen LogP contribution in [0.1, 0.15) is 51.5 Å². The number of unbranched alkanes of at least 4 members (excludes halogenated alkanes) is 1. The Labute approximate surface area is 122 Å². The summed E-state index contributed by atoms with van der Waals surface area (Å²) in [7, 11) is 0. The molecule has 20 heavy (non-hydrogen) atoms. The van der Waals surface area contributed by atoms with Gasteiger partial charge in [0.25, 0.3) is 0 Å². The van der Waals surface area contributed by atoms with Crippen molar-refractivity contribution >= 4 is 0 Å². The molecule has 2 unspecified atom stereocenters. The average Bonchev–Trinajstić information content (AvgIpc) is 2.93. The molecule has 3 heteroatoms. The van der Waals surface area contributed by atoms with Gasteiger partial charge >= 0.3 is 0 Å². The number of likely N-dealkylation sites (tertiary alicyclic amines) is 1. The van der Waals surface area contributed by atoms with Crippen molar-refractivity contribution in [3.05, 3.63) is 35.6 Å². The molecule has 2 atom stereocenters. The van der Waals surface area contributed by atoms with Gasteiger partial charge in [0.2, 0.25) is 0 Å². The van der Waals surface area contributed by atoms with Crippen LogP contribution in [0.25, 0.3) is 0 Å². The molecule has 1 aromatic carbocycles. The Kier molecular flexibility index (Phi) is 5.17. The summed E-state index contributed by atoms with van der Waals surface area (Å²) in [5.41, 5.74) is 6.63. The van der Waals surface area contributed by atoms with E-state index in [4.69, 9.17) is 5.73 Å². The first-order chi connectivity index (χ1) is 9.57. The Bertz CT molecular complexity index is 425. The molecule has 0 aliphatic carbocycles. The molecule has 0 radical (unpaired) electrons. The van der Waals surface area contributed by atoms with Crippen LogP contribution < -0.4 is 5.73 Å². The first-order valence-corrected chi connectivity index (χ1v) is 7.85. The highest BCUT2D eigenvalue weighted by atomic mass is 19.1. The van der Waals surface area contributed by atoms with Crippen molar-refractivity contribution in [2.45, 2.75) is 57.5 Å².